The van der Waals surface area contributed by atoms with Gasteiger partial charge in [0.05, 0.1) is 13.2 Å². The predicted molar refractivity (Wildman–Crippen MR) is 58.8 cm³/mol. The Hall–Kier alpha value is -0.440. The first-order chi connectivity index (χ1) is 9.91. The van der Waals surface area contributed by atoms with E-state index in [9.17, 15) is 30.6 Å². The molecule has 0 unspecified atom stereocenters. The molecule has 0 spiro atoms. The van der Waals surface area contributed by atoms with Gasteiger partial charge in [-0.25, -0.2) is 0 Å². The summed E-state index contributed by atoms with van der Waals surface area (Å²) in [6.07, 6.45) is -11.7. The first kappa shape index (κ1) is 16.9. The van der Waals surface area contributed by atoms with Crippen molar-refractivity contribution in [2.45, 2.75) is 49.2 Å². The summed E-state index contributed by atoms with van der Waals surface area (Å²) in [6, 6.07) is 0. The van der Waals surface area contributed by atoms with Gasteiger partial charge in [-0.2, -0.15) is 9.78 Å². The molecule has 0 aliphatic carbocycles. The Morgan fingerprint density at radius 3 is 1.43 bits per heavy atom. The minimum Gasteiger partial charge on any atom is -0.388 e. The lowest BCUT2D eigenvalue weighted by Crippen LogP contribution is -2.55. The molecule has 2 aliphatic heterocycles. The fraction of sp³-hybridized carbons (Fsp3) is 1.00. The summed E-state index contributed by atoms with van der Waals surface area (Å²) >= 11 is 0. The highest BCUT2D eigenvalue weighted by molar-refractivity contribution is 4.83. The van der Waals surface area contributed by atoms with E-state index in [1.807, 2.05) is 0 Å². The molecule has 6 N–H and O–H groups in total. The summed E-state index contributed by atoms with van der Waals surface area (Å²) in [5, 5.41) is 60.9. The molecule has 2 fully saturated rings. The van der Waals surface area contributed by atoms with Crippen LogP contribution in [0.4, 0.5) is 0 Å². The van der Waals surface area contributed by atoms with Crippen molar-refractivity contribution in [1.82, 2.24) is 0 Å². The molecule has 11 nitrogen and oxygen atoms in total. The molecule has 8 atom stereocenters. The van der Waals surface area contributed by atoms with Crippen LogP contribution >= 0.6 is 0 Å². The normalized spacial score (nSPS) is 48.3. The Morgan fingerprint density at radius 1 is 0.667 bits per heavy atom. The SMILES string of the molecule is O[C@@H]1[C@@H](OOO[C@@H]2[C@@H](O)[C@H](O)CO[C@@H]2O)[C@H](O)OC[C@H]1O. The van der Waals surface area contributed by atoms with Crippen LogP contribution in [0.5, 0.6) is 0 Å². The summed E-state index contributed by atoms with van der Waals surface area (Å²) in [6.45, 7) is -0.577. The van der Waals surface area contributed by atoms with Crippen molar-refractivity contribution in [3.8, 4) is 0 Å². The number of hydrogen-bond acceptors (Lipinski definition) is 11. The van der Waals surface area contributed by atoms with Crippen molar-refractivity contribution in [3.63, 3.8) is 0 Å². The molecule has 0 radical (unpaired) electrons. The molecule has 2 aliphatic rings. The zero-order chi connectivity index (χ0) is 15.6. The van der Waals surface area contributed by atoms with E-state index < -0.39 is 49.2 Å². The smallest absolute Gasteiger partial charge is 0.187 e. The van der Waals surface area contributed by atoms with Gasteiger partial charge in [0, 0.05) is 0 Å². The molecule has 0 amide bonds. The molecule has 0 bridgehead atoms. The molecule has 21 heavy (non-hydrogen) atoms. The lowest BCUT2D eigenvalue weighted by Gasteiger charge is -2.36. The Kier molecular flexibility index (Phi) is 5.81. The highest BCUT2D eigenvalue weighted by Crippen LogP contribution is 2.20. The van der Waals surface area contributed by atoms with Crippen molar-refractivity contribution in [2.75, 3.05) is 13.2 Å². The average molecular weight is 314 g/mol. The molecular formula is C10H18O11. The lowest BCUT2D eigenvalue weighted by atomic mass is 10.1. The van der Waals surface area contributed by atoms with Gasteiger partial charge in [0.25, 0.3) is 0 Å². The zero-order valence-corrected chi connectivity index (χ0v) is 10.8. The van der Waals surface area contributed by atoms with E-state index in [2.05, 4.69) is 14.8 Å². The summed E-state index contributed by atoms with van der Waals surface area (Å²) in [5.74, 6) is 0. The number of hydrogen-bond donors (Lipinski definition) is 6. The van der Waals surface area contributed by atoms with Crippen molar-refractivity contribution >= 4 is 0 Å². The van der Waals surface area contributed by atoms with Crippen LogP contribution in [0.1, 0.15) is 0 Å². The minimum atomic E-state index is -1.57. The third kappa shape index (κ3) is 3.85. The summed E-state index contributed by atoms with van der Waals surface area (Å²) in [4.78, 5) is 9.09. The van der Waals surface area contributed by atoms with E-state index in [1.165, 1.54) is 0 Å². The van der Waals surface area contributed by atoms with E-state index in [4.69, 9.17) is 9.47 Å². The lowest BCUT2D eigenvalue weighted by molar-refractivity contribution is -0.570. The molecule has 0 aromatic carbocycles. The van der Waals surface area contributed by atoms with E-state index in [0.29, 0.717) is 0 Å². The van der Waals surface area contributed by atoms with E-state index in [1.54, 1.807) is 0 Å². The van der Waals surface area contributed by atoms with Crippen LogP contribution in [-0.4, -0.2) is 93.1 Å². The number of ether oxygens (including phenoxy) is 2. The second-order valence-corrected chi connectivity index (χ2v) is 4.75. The fourth-order valence-corrected chi connectivity index (χ4v) is 1.88. The van der Waals surface area contributed by atoms with Gasteiger partial charge in [0.15, 0.2) is 24.8 Å². The molecule has 0 aromatic heterocycles. The molecule has 0 saturated carbocycles. The molecule has 2 heterocycles. The van der Waals surface area contributed by atoms with Crippen LogP contribution in [0.15, 0.2) is 0 Å². The van der Waals surface area contributed by atoms with Crippen molar-refractivity contribution in [3.05, 3.63) is 0 Å². The first-order valence-corrected chi connectivity index (χ1v) is 6.22. The number of rotatable bonds is 4. The van der Waals surface area contributed by atoms with Gasteiger partial charge >= 0.3 is 0 Å². The zero-order valence-electron chi connectivity index (χ0n) is 10.8. The van der Waals surface area contributed by atoms with Crippen LogP contribution in [0.2, 0.25) is 0 Å². The van der Waals surface area contributed by atoms with E-state index >= 15 is 0 Å². The van der Waals surface area contributed by atoms with Crippen LogP contribution in [0.3, 0.4) is 0 Å². The van der Waals surface area contributed by atoms with Crippen molar-refractivity contribution < 1.29 is 54.9 Å². The third-order valence-corrected chi connectivity index (χ3v) is 3.20. The Morgan fingerprint density at radius 2 is 1.05 bits per heavy atom. The summed E-state index contributed by atoms with van der Waals surface area (Å²) < 4.78 is 9.39. The molecule has 2 rings (SSSR count). The van der Waals surface area contributed by atoms with Crippen molar-refractivity contribution in [2.24, 2.45) is 0 Å². The largest absolute Gasteiger partial charge is 0.388 e. The minimum absolute atomic E-state index is 0.289. The monoisotopic (exact) mass is 314 g/mol. The van der Waals surface area contributed by atoms with Crippen LogP contribution in [0.25, 0.3) is 0 Å². The Balaban J connectivity index is 1.82. The Labute approximate surface area is 118 Å². The third-order valence-electron chi connectivity index (χ3n) is 3.20. The first-order valence-electron chi connectivity index (χ1n) is 6.22. The van der Waals surface area contributed by atoms with E-state index in [0.717, 1.165) is 0 Å². The number of aliphatic hydroxyl groups is 6. The highest BCUT2D eigenvalue weighted by atomic mass is 17.5. The summed E-state index contributed by atoms with van der Waals surface area (Å²) in [7, 11) is 0. The maximum absolute atomic E-state index is 9.58. The van der Waals surface area contributed by atoms with Gasteiger partial charge in [-0.15, -0.1) is 0 Å². The maximum Gasteiger partial charge on any atom is 0.187 e. The maximum atomic E-state index is 9.58. The average Bonchev–Trinajstić information content (AvgIpc) is 2.46. The van der Waals surface area contributed by atoms with Crippen molar-refractivity contribution in [1.29, 1.82) is 0 Å². The quantitative estimate of drug-likeness (QED) is 0.219. The standard InChI is InChI=1S/C10H18O11/c11-3-1-17-9(15)7(5(3)13)19-21-20-8-6(14)4(12)2-18-10(8)16/h3-16H,1-2H2/t3-,4-,5+,6+,7-,8-,9-,10+/m1/s1. The Bertz CT molecular complexity index is 298. The van der Waals surface area contributed by atoms with Gasteiger partial charge < -0.3 is 40.1 Å². The second kappa shape index (κ2) is 7.21. The fourth-order valence-electron chi connectivity index (χ4n) is 1.88. The van der Waals surface area contributed by atoms with E-state index in [-0.39, 0.29) is 13.2 Å². The molecule has 124 valence electrons. The number of aliphatic hydroxyl groups excluding tert-OH is 6. The topological polar surface area (TPSA) is 168 Å². The van der Waals surface area contributed by atoms with Crippen LogP contribution in [-0.2, 0) is 24.3 Å². The van der Waals surface area contributed by atoms with Crippen LogP contribution < -0.4 is 0 Å². The molecule has 2 saturated heterocycles. The molecular weight excluding hydrogens is 296 g/mol. The van der Waals surface area contributed by atoms with Gasteiger partial charge in [0.1, 0.15) is 24.4 Å². The van der Waals surface area contributed by atoms with Gasteiger partial charge in [-0.3, -0.25) is 0 Å². The predicted octanol–water partition coefficient (Wildman–Crippen LogP) is -4.26. The molecule has 0 aromatic rings. The second-order valence-electron chi connectivity index (χ2n) is 4.75. The summed E-state index contributed by atoms with van der Waals surface area (Å²) in [5.41, 5.74) is 0. The van der Waals surface area contributed by atoms with Gasteiger partial charge in [0.2, 0.25) is 0 Å². The van der Waals surface area contributed by atoms with Gasteiger partial charge in [-0.1, -0.05) is 5.04 Å². The molecule has 11 heteroatoms. The van der Waals surface area contributed by atoms with Gasteiger partial charge in [-0.05, 0) is 0 Å². The van der Waals surface area contributed by atoms with Crippen LogP contribution in [0, 0.1) is 0 Å². The highest BCUT2D eigenvalue weighted by Gasteiger charge is 2.42.